The minimum Gasteiger partial charge on any atom is -0.464 e. The van der Waals surface area contributed by atoms with Gasteiger partial charge in [0.25, 0.3) is 0 Å². The highest BCUT2D eigenvalue weighted by molar-refractivity contribution is 5.99. The zero-order chi connectivity index (χ0) is 17.0. The number of carbonyl (C=O) groups is 2. The van der Waals surface area contributed by atoms with Crippen LogP contribution in [0.15, 0.2) is 30.3 Å². The quantitative estimate of drug-likeness (QED) is 0.851. The van der Waals surface area contributed by atoms with Gasteiger partial charge in [0, 0.05) is 19.3 Å². The van der Waals surface area contributed by atoms with E-state index in [2.05, 4.69) is 15.0 Å². The second-order valence-corrected chi connectivity index (χ2v) is 5.15. The first-order chi connectivity index (χ1) is 10.9. The number of aromatic nitrogens is 1. The predicted molar refractivity (Wildman–Crippen MR) is 83.8 cm³/mol. The summed E-state index contributed by atoms with van der Waals surface area (Å²) in [5, 5.41) is 2.64. The van der Waals surface area contributed by atoms with E-state index in [0.29, 0.717) is 16.9 Å². The van der Waals surface area contributed by atoms with Gasteiger partial charge in [-0.3, -0.25) is 0 Å². The first kappa shape index (κ1) is 16.5. The largest absolute Gasteiger partial charge is 0.464 e. The summed E-state index contributed by atoms with van der Waals surface area (Å²) in [7, 11) is 2.84. The van der Waals surface area contributed by atoms with Crippen LogP contribution in [0.2, 0.25) is 0 Å². The molecule has 2 aromatic rings. The minimum absolute atomic E-state index is 0.178. The zero-order valence-electron chi connectivity index (χ0n) is 13.1. The highest BCUT2D eigenvalue weighted by Gasteiger charge is 2.18. The van der Waals surface area contributed by atoms with Crippen LogP contribution in [0.3, 0.4) is 0 Å². The Labute approximate surface area is 133 Å². The number of anilines is 1. The summed E-state index contributed by atoms with van der Waals surface area (Å²) in [6.07, 6.45) is 0. The number of carbonyl (C=O) groups excluding carboxylic acids is 2. The molecule has 0 aliphatic carbocycles. The number of ether oxygens (including phenoxy) is 1. The number of esters is 1. The van der Waals surface area contributed by atoms with Crippen LogP contribution in [-0.4, -0.2) is 36.0 Å². The monoisotopic (exact) mass is 319 g/mol. The number of aryl methyl sites for hydroxylation is 1. The Balaban J connectivity index is 2.08. The lowest BCUT2D eigenvalue weighted by Gasteiger charge is -2.18. The van der Waals surface area contributed by atoms with Crippen molar-refractivity contribution < 1.29 is 18.7 Å². The summed E-state index contributed by atoms with van der Waals surface area (Å²) in [5.41, 5.74) is 1.90. The maximum Gasteiger partial charge on any atom is 0.356 e. The molecule has 0 aliphatic rings. The summed E-state index contributed by atoms with van der Waals surface area (Å²) in [6, 6.07) is 7.24. The number of halogens is 1. The van der Waals surface area contributed by atoms with E-state index in [0.717, 1.165) is 0 Å². The molecule has 122 valence electrons. The molecule has 2 amide bonds. The van der Waals surface area contributed by atoms with Crippen LogP contribution in [0.4, 0.5) is 14.9 Å². The predicted octanol–water partition coefficient (Wildman–Crippen LogP) is 2.91. The fourth-order valence-corrected chi connectivity index (χ4v) is 2.14. The van der Waals surface area contributed by atoms with Crippen LogP contribution in [0.5, 0.6) is 0 Å². The van der Waals surface area contributed by atoms with Crippen LogP contribution in [0.1, 0.15) is 21.7 Å². The number of amides is 2. The summed E-state index contributed by atoms with van der Waals surface area (Å²) in [4.78, 5) is 28.1. The summed E-state index contributed by atoms with van der Waals surface area (Å²) in [5.74, 6) is -0.924. The van der Waals surface area contributed by atoms with E-state index in [9.17, 15) is 14.0 Å². The van der Waals surface area contributed by atoms with Crippen molar-refractivity contribution in [2.24, 2.45) is 0 Å². The van der Waals surface area contributed by atoms with Gasteiger partial charge in [0.2, 0.25) is 0 Å². The Kier molecular flexibility index (Phi) is 5.00. The van der Waals surface area contributed by atoms with E-state index in [4.69, 9.17) is 0 Å². The molecule has 2 rings (SSSR count). The standard InChI is InChI=1S/C16H18FN3O3/c1-10-7-13(14(18-10)15(21)23-3)19-16(22)20(2)9-11-5-4-6-12(17)8-11/h4-8,18H,9H2,1-3H3,(H,19,22). The van der Waals surface area contributed by atoms with Gasteiger partial charge in [-0.2, -0.15) is 0 Å². The SMILES string of the molecule is COC(=O)c1[nH]c(C)cc1NC(=O)N(C)Cc1cccc(F)c1. The summed E-state index contributed by atoms with van der Waals surface area (Å²) in [6.45, 7) is 2.00. The molecule has 0 saturated heterocycles. The summed E-state index contributed by atoms with van der Waals surface area (Å²) >= 11 is 0. The normalized spacial score (nSPS) is 10.3. The van der Waals surface area contributed by atoms with Gasteiger partial charge in [-0.05, 0) is 30.7 Å². The Morgan fingerprint density at radius 2 is 2.09 bits per heavy atom. The number of hydrogen-bond acceptors (Lipinski definition) is 3. The van der Waals surface area contributed by atoms with Gasteiger partial charge in [-0.15, -0.1) is 0 Å². The molecule has 0 spiro atoms. The van der Waals surface area contributed by atoms with Crippen LogP contribution in [-0.2, 0) is 11.3 Å². The number of benzene rings is 1. The van der Waals surface area contributed by atoms with E-state index in [1.54, 1.807) is 32.2 Å². The molecule has 1 heterocycles. The number of nitrogens with one attached hydrogen (secondary N) is 2. The second-order valence-electron chi connectivity index (χ2n) is 5.15. The van der Waals surface area contributed by atoms with Crippen molar-refractivity contribution in [1.82, 2.24) is 9.88 Å². The van der Waals surface area contributed by atoms with Crippen molar-refractivity contribution in [3.8, 4) is 0 Å². The van der Waals surface area contributed by atoms with Crippen molar-refractivity contribution in [1.29, 1.82) is 0 Å². The number of aromatic amines is 1. The van der Waals surface area contributed by atoms with Gasteiger partial charge in [-0.1, -0.05) is 12.1 Å². The van der Waals surface area contributed by atoms with Crippen LogP contribution in [0.25, 0.3) is 0 Å². The molecule has 2 N–H and O–H groups in total. The maximum absolute atomic E-state index is 13.2. The number of nitrogens with zero attached hydrogens (tertiary/aromatic N) is 1. The van der Waals surface area contributed by atoms with Crippen LogP contribution in [0, 0.1) is 12.7 Å². The first-order valence-corrected chi connectivity index (χ1v) is 6.95. The molecule has 6 nitrogen and oxygen atoms in total. The van der Waals surface area contributed by atoms with Crippen molar-refractivity contribution in [3.63, 3.8) is 0 Å². The van der Waals surface area contributed by atoms with Crippen molar-refractivity contribution >= 4 is 17.7 Å². The Morgan fingerprint density at radius 1 is 1.35 bits per heavy atom. The van der Waals surface area contributed by atoms with Crippen LogP contribution >= 0.6 is 0 Å². The molecule has 0 fully saturated rings. The molecule has 0 radical (unpaired) electrons. The topological polar surface area (TPSA) is 74.4 Å². The average molecular weight is 319 g/mol. The lowest BCUT2D eigenvalue weighted by atomic mass is 10.2. The molecule has 1 aromatic carbocycles. The molecule has 0 aliphatic heterocycles. The van der Waals surface area contributed by atoms with Crippen molar-refractivity contribution in [2.75, 3.05) is 19.5 Å². The maximum atomic E-state index is 13.2. The molecular weight excluding hydrogens is 301 g/mol. The third kappa shape index (κ3) is 4.09. The van der Waals surface area contributed by atoms with Crippen molar-refractivity contribution in [3.05, 3.63) is 53.1 Å². The van der Waals surface area contributed by atoms with Crippen molar-refractivity contribution in [2.45, 2.75) is 13.5 Å². The molecule has 0 atom stereocenters. The highest BCUT2D eigenvalue weighted by Crippen LogP contribution is 2.18. The fourth-order valence-electron chi connectivity index (χ4n) is 2.14. The van der Waals surface area contributed by atoms with Gasteiger partial charge >= 0.3 is 12.0 Å². The number of H-pyrrole nitrogens is 1. The molecule has 23 heavy (non-hydrogen) atoms. The zero-order valence-corrected chi connectivity index (χ0v) is 13.1. The molecule has 0 bridgehead atoms. The van der Waals surface area contributed by atoms with E-state index >= 15 is 0 Å². The average Bonchev–Trinajstić information content (AvgIpc) is 2.87. The second kappa shape index (κ2) is 6.95. The Hall–Kier alpha value is -2.83. The number of methoxy groups -OCH3 is 1. The van der Waals surface area contributed by atoms with Crippen LogP contribution < -0.4 is 5.32 Å². The Morgan fingerprint density at radius 3 is 2.74 bits per heavy atom. The number of rotatable bonds is 4. The smallest absolute Gasteiger partial charge is 0.356 e. The number of urea groups is 1. The van der Waals surface area contributed by atoms with Gasteiger partial charge in [0.05, 0.1) is 12.8 Å². The van der Waals surface area contributed by atoms with E-state index < -0.39 is 12.0 Å². The van der Waals surface area contributed by atoms with E-state index in [1.807, 2.05) is 0 Å². The lowest BCUT2D eigenvalue weighted by Crippen LogP contribution is -2.31. The highest BCUT2D eigenvalue weighted by atomic mass is 19.1. The minimum atomic E-state index is -0.568. The molecule has 0 saturated carbocycles. The summed E-state index contributed by atoms with van der Waals surface area (Å²) < 4.78 is 17.8. The third-order valence-electron chi connectivity index (χ3n) is 3.24. The van der Waals surface area contributed by atoms with Gasteiger partial charge in [-0.25, -0.2) is 14.0 Å². The fraction of sp³-hybridized carbons (Fsp3) is 0.250. The molecule has 0 unspecified atom stereocenters. The van der Waals surface area contributed by atoms with Gasteiger partial charge in [0.1, 0.15) is 11.5 Å². The lowest BCUT2D eigenvalue weighted by molar-refractivity contribution is 0.0596. The van der Waals surface area contributed by atoms with E-state index in [-0.39, 0.29) is 18.1 Å². The van der Waals surface area contributed by atoms with E-state index in [1.165, 1.54) is 24.1 Å². The van der Waals surface area contributed by atoms with Gasteiger partial charge in [0.15, 0.2) is 0 Å². The Bertz CT molecular complexity index is 727. The van der Waals surface area contributed by atoms with Gasteiger partial charge < -0.3 is 19.9 Å². The molecular formula is C16H18FN3O3. The number of hydrogen-bond donors (Lipinski definition) is 2. The molecule has 7 heteroatoms. The first-order valence-electron chi connectivity index (χ1n) is 6.95. The third-order valence-corrected chi connectivity index (χ3v) is 3.24. The molecule has 1 aromatic heterocycles.